The van der Waals surface area contributed by atoms with Crippen LogP contribution in [0.25, 0.3) is 15.9 Å². The Kier molecular flexibility index (Phi) is 5.41. The van der Waals surface area contributed by atoms with E-state index in [9.17, 15) is 23.9 Å². The summed E-state index contributed by atoms with van der Waals surface area (Å²) in [5, 5.41) is 19.8. The van der Waals surface area contributed by atoms with Crippen LogP contribution in [-0.2, 0) is 17.6 Å². The number of carboxylic acid groups (broad SMARTS) is 1. The van der Waals surface area contributed by atoms with Gasteiger partial charge in [-0.3, -0.25) is 18.8 Å². The van der Waals surface area contributed by atoms with Crippen molar-refractivity contribution < 1.29 is 24.2 Å². The molecule has 0 spiro atoms. The van der Waals surface area contributed by atoms with Gasteiger partial charge in [0.05, 0.1) is 21.6 Å². The zero-order valence-electron chi connectivity index (χ0n) is 17.1. The number of carboxylic acids is 1. The van der Waals surface area contributed by atoms with E-state index in [0.717, 1.165) is 66.1 Å². The Morgan fingerprint density at radius 2 is 2.00 bits per heavy atom. The Morgan fingerprint density at radius 3 is 2.79 bits per heavy atom. The fourth-order valence-electron chi connectivity index (χ4n) is 4.11. The summed E-state index contributed by atoms with van der Waals surface area (Å²) in [5.74, 6) is -3.14. The average molecular weight is 485 g/mol. The number of thioether (sulfide) groups is 1. The maximum atomic E-state index is 13.7. The fourth-order valence-corrected chi connectivity index (χ4v) is 6.12. The van der Waals surface area contributed by atoms with Crippen LogP contribution in [0.4, 0.5) is 4.39 Å². The van der Waals surface area contributed by atoms with E-state index in [1.165, 1.54) is 28.0 Å². The molecule has 0 aliphatic heterocycles. The van der Waals surface area contributed by atoms with Crippen molar-refractivity contribution in [1.82, 2.24) is 9.38 Å². The number of pyridine rings is 1. The molecule has 4 aromatic rings. The minimum atomic E-state index is -1.06. The number of benzene rings is 1. The summed E-state index contributed by atoms with van der Waals surface area (Å²) < 4.78 is 15.0. The Bertz CT molecular complexity index is 1530. The highest BCUT2D eigenvalue weighted by Gasteiger charge is 2.23. The second-order valence-corrected chi connectivity index (χ2v) is 9.87. The number of halogens is 1. The van der Waals surface area contributed by atoms with Gasteiger partial charge in [0.1, 0.15) is 16.4 Å². The maximum Gasteiger partial charge on any atom is 0.313 e. The van der Waals surface area contributed by atoms with Crippen molar-refractivity contribution in [2.75, 3.05) is 5.75 Å². The highest BCUT2D eigenvalue weighted by atomic mass is 32.2. The number of aliphatic carboxylic acids is 1. The molecule has 1 aliphatic rings. The number of nitrogens with zero attached hydrogens (tertiary/aromatic N) is 2. The van der Waals surface area contributed by atoms with Crippen LogP contribution in [-0.4, -0.2) is 37.1 Å². The highest BCUT2D eigenvalue weighted by molar-refractivity contribution is 8.00. The number of ketones is 1. The van der Waals surface area contributed by atoms with Gasteiger partial charge in [-0.1, -0.05) is 0 Å². The number of phenolic OH excluding ortho intramolecular Hbond substituents is 1. The number of thiophene rings is 1. The maximum absolute atomic E-state index is 13.7. The number of carbonyl (C=O) groups is 2. The second kappa shape index (κ2) is 8.27. The number of fused-ring (bicyclic) bond motifs is 4. The molecular weight excluding hydrogens is 467 g/mol. The number of aryl methyl sites for hydroxylation is 2. The Hall–Kier alpha value is -3.24. The summed E-state index contributed by atoms with van der Waals surface area (Å²) in [7, 11) is 0. The van der Waals surface area contributed by atoms with Crippen LogP contribution < -0.4 is 5.56 Å². The van der Waals surface area contributed by atoms with E-state index >= 15 is 0 Å². The minimum Gasteiger partial charge on any atom is -0.507 e. The van der Waals surface area contributed by atoms with Gasteiger partial charge in [-0.15, -0.1) is 23.1 Å². The molecule has 10 heteroatoms. The largest absolute Gasteiger partial charge is 0.507 e. The molecule has 0 radical (unpaired) electrons. The van der Waals surface area contributed by atoms with E-state index in [4.69, 9.17) is 5.11 Å². The monoisotopic (exact) mass is 484 g/mol. The van der Waals surface area contributed by atoms with Crippen molar-refractivity contribution >= 4 is 50.7 Å². The molecule has 2 N–H and O–H groups in total. The number of rotatable bonds is 5. The number of aromatic hydroxyl groups is 1. The molecule has 5 rings (SSSR count). The van der Waals surface area contributed by atoms with Crippen LogP contribution in [0.3, 0.4) is 0 Å². The van der Waals surface area contributed by atoms with E-state index in [1.807, 2.05) is 0 Å². The van der Waals surface area contributed by atoms with Crippen molar-refractivity contribution in [1.29, 1.82) is 0 Å². The Labute approximate surface area is 194 Å². The van der Waals surface area contributed by atoms with Gasteiger partial charge in [-0.25, -0.2) is 9.37 Å². The topological polar surface area (TPSA) is 109 Å². The predicted octanol–water partition coefficient (Wildman–Crippen LogP) is 4.04. The van der Waals surface area contributed by atoms with Crippen LogP contribution in [0.2, 0.25) is 0 Å². The van der Waals surface area contributed by atoms with E-state index in [2.05, 4.69) is 4.98 Å². The van der Waals surface area contributed by atoms with Crippen LogP contribution in [0, 0.1) is 5.82 Å². The standard InChI is InChI=1S/C23H17FN2O5S2/c24-12-5-6-15(27)14(8-12)20(30)11-7-17(32-10-18(28)29)21-25-22-19(23(31)26(21)9-11)13-3-1-2-4-16(13)33-22/h5-9,27H,1-4,10H2,(H,28,29). The van der Waals surface area contributed by atoms with Crippen molar-refractivity contribution in [2.45, 2.75) is 30.6 Å². The fraction of sp³-hybridized carbons (Fsp3) is 0.217. The third-order valence-corrected chi connectivity index (χ3v) is 7.80. The lowest BCUT2D eigenvalue weighted by Crippen LogP contribution is -2.18. The third kappa shape index (κ3) is 3.79. The number of aromatic nitrogens is 2. The Morgan fingerprint density at radius 1 is 1.21 bits per heavy atom. The van der Waals surface area contributed by atoms with Crippen molar-refractivity contribution in [3.8, 4) is 5.75 Å². The van der Waals surface area contributed by atoms with Gasteiger partial charge in [0.25, 0.3) is 5.56 Å². The van der Waals surface area contributed by atoms with Crippen LogP contribution in [0.1, 0.15) is 39.2 Å². The van der Waals surface area contributed by atoms with E-state index in [0.29, 0.717) is 15.1 Å². The average Bonchev–Trinajstić information content (AvgIpc) is 3.17. The number of phenols is 1. The molecule has 3 heterocycles. The van der Waals surface area contributed by atoms with Crippen molar-refractivity contribution in [2.24, 2.45) is 0 Å². The summed E-state index contributed by atoms with van der Waals surface area (Å²) in [4.78, 5) is 44.6. The van der Waals surface area contributed by atoms with Gasteiger partial charge in [0.15, 0.2) is 11.4 Å². The molecular formula is C23H17FN2O5S2. The second-order valence-electron chi connectivity index (χ2n) is 7.77. The lowest BCUT2D eigenvalue weighted by molar-refractivity contribution is -0.133. The molecule has 0 saturated carbocycles. The van der Waals surface area contributed by atoms with Gasteiger partial charge >= 0.3 is 5.97 Å². The normalized spacial score (nSPS) is 13.4. The molecule has 0 amide bonds. The molecule has 0 fully saturated rings. The molecule has 3 aromatic heterocycles. The van der Waals surface area contributed by atoms with Gasteiger partial charge in [0.2, 0.25) is 0 Å². The quantitative estimate of drug-likeness (QED) is 0.325. The summed E-state index contributed by atoms with van der Waals surface area (Å²) in [6.07, 6.45) is 5.04. The van der Waals surface area contributed by atoms with E-state index in [-0.39, 0.29) is 28.1 Å². The van der Waals surface area contributed by atoms with Crippen LogP contribution in [0.15, 0.2) is 40.2 Å². The summed E-state index contributed by atoms with van der Waals surface area (Å²) in [5.41, 5.74) is 0.691. The summed E-state index contributed by atoms with van der Waals surface area (Å²) in [6.45, 7) is 0. The highest BCUT2D eigenvalue weighted by Crippen LogP contribution is 2.35. The summed E-state index contributed by atoms with van der Waals surface area (Å²) >= 11 is 2.42. The van der Waals surface area contributed by atoms with Crippen LogP contribution in [0.5, 0.6) is 5.75 Å². The van der Waals surface area contributed by atoms with Gasteiger partial charge < -0.3 is 10.2 Å². The number of hydrogen-bond acceptors (Lipinski definition) is 7. The lowest BCUT2D eigenvalue weighted by atomic mass is 9.97. The lowest BCUT2D eigenvalue weighted by Gasteiger charge is -2.12. The minimum absolute atomic E-state index is 0.0173. The molecule has 1 aliphatic carbocycles. The van der Waals surface area contributed by atoms with Gasteiger partial charge in [-0.2, -0.15) is 0 Å². The Balaban J connectivity index is 1.77. The molecule has 0 bridgehead atoms. The molecule has 168 valence electrons. The first-order chi connectivity index (χ1) is 15.8. The SMILES string of the molecule is O=C(O)CSc1cc(C(=O)c2cc(F)ccc2O)cn2c(=O)c3c4c(sc3nc12)CCCC4. The molecule has 0 unspecified atom stereocenters. The van der Waals surface area contributed by atoms with Gasteiger partial charge in [0, 0.05) is 16.6 Å². The molecule has 33 heavy (non-hydrogen) atoms. The number of carbonyl (C=O) groups excluding carboxylic acids is 1. The molecule has 0 atom stereocenters. The van der Waals surface area contributed by atoms with Crippen molar-refractivity contribution in [3.63, 3.8) is 0 Å². The van der Waals surface area contributed by atoms with E-state index in [1.54, 1.807) is 0 Å². The molecule has 7 nitrogen and oxygen atoms in total. The predicted molar refractivity (Wildman–Crippen MR) is 123 cm³/mol. The molecule has 1 aromatic carbocycles. The summed E-state index contributed by atoms with van der Waals surface area (Å²) in [6, 6.07) is 4.47. The third-order valence-electron chi connectivity index (χ3n) is 5.61. The van der Waals surface area contributed by atoms with Crippen molar-refractivity contribution in [3.05, 3.63) is 68.2 Å². The molecule has 0 saturated heterocycles. The first-order valence-electron chi connectivity index (χ1n) is 10.2. The first kappa shape index (κ1) is 21.6. The van der Waals surface area contributed by atoms with Gasteiger partial charge in [-0.05, 0) is 55.5 Å². The zero-order valence-corrected chi connectivity index (χ0v) is 18.8. The van der Waals surface area contributed by atoms with E-state index < -0.39 is 23.3 Å². The zero-order chi connectivity index (χ0) is 23.3. The first-order valence-corrected chi connectivity index (χ1v) is 12.0. The van der Waals surface area contributed by atoms with Crippen LogP contribution >= 0.6 is 23.1 Å². The number of hydrogen-bond donors (Lipinski definition) is 2. The smallest absolute Gasteiger partial charge is 0.313 e.